The summed E-state index contributed by atoms with van der Waals surface area (Å²) in [5, 5.41) is 13.6. The predicted octanol–water partition coefficient (Wildman–Crippen LogP) is 2.08. The molecule has 0 aliphatic heterocycles. The van der Waals surface area contributed by atoms with E-state index in [2.05, 4.69) is 5.32 Å². The fourth-order valence-electron chi connectivity index (χ4n) is 2.00. The molecule has 0 aliphatic carbocycles. The normalized spacial score (nSPS) is 10.4. The molecule has 0 aromatic heterocycles. The first-order valence-electron chi connectivity index (χ1n) is 6.90. The number of hydrogen-bond acceptors (Lipinski definition) is 4. The van der Waals surface area contributed by atoms with E-state index in [0.717, 1.165) is 6.07 Å². The van der Waals surface area contributed by atoms with E-state index in [1.165, 1.54) is 12.1 Å². The average Bonchev–Trinajstić information content (AvgIpc) is 2.44. The monoisotopic (exact) mass is 297 g/mol. The lowest BCUT2D eigenvalue weighted by Crippen LogP contribution is -2.32. The Morgan fingerprint density at radius 2 is 2.00 bits per heavy atom. The number of benzene rings is 1. The van der Waals surface area contributed by atoms with Crippen LogP contribution in [0.25, 0.3) is 0 Å². The zero-order chi connectivity index (χ0) is 15.8. The van der Waals surface area contributed by atoms with Gasteiger partial charge in [-0.2, -0.15) is 0 Å². The highest BCUT2D eigenvalue weighted by molar-refractivity contribution is 5.76. The molecule has 1 aromatic rings. The van der Waals surface area contributed by atoms with Crippen LogP contribution < -0.4 is 5.32 Å². The fourth-order valence-corrected chi connectivity index (χ4v) is 2.00. The quantitative estimate of drug-likeness (QED) is 0.453. The maximum Gasteiger partial charge on any atom is 0.272 e. The number of carbonyl (C=O) groups is 1. The summed E-state index contributed by atoms with van der Waals surface area (Å²) in [4.78, 5) is 23.5. The van der Waals surface area contributed by atoms with E-state index in [-0.39, 0.29) is 18.1 Å². The minimum absolute atomic E-state index is 0.0534. The van der Waals surface area contributed by atoms with Crippen molar-refractivity contribution >= 4 is 11.6 Å². The van der Waals surface area contributed by atoms with Gasteiger partial charge in [-0.3, -0.25) is 14.9 Å². The molecule has 6 nitrogen and oxygen atoms in total. The van der Waals surface area contributed by atoms with Gasteiger partial charge in [0, 0.05) is 38.7 Å². The smallest absolute Gasteiger partial charge is 0.272 e. The van der Waals surface area contributed by atoms with Crippen LogP contribution in [0.5, 0.6) is 0 Å². The minimum atomic E-state index is -0.639. The van der Waals surface area contributed by atoms with E-state index < -0.39 is 10.7 Å². The Labute approximate surface area is 123 Å². The average molecular weight is 297 g/mol. The first kappa shape index (κ1) is 17.0. The van der Waals surface area contributed by atoms with Gasteiger partial charge in [0.25, 0.3) is 5.69 Å². The number of non-ortho nitro benzene ring substituents is 1. The Kier molecular flexibility index (Phi) is 6.74. The van der Waals surface area contributed by atoms with Crippen LogP contribution in [0.15, 0.2) is 18.2 Å². The van der Waals surface area contributed by atoms with Crippen molar-refractivity contribution in [3.8, 4) is 0 Å². The molecule has 0 spiro atoms. The number of nitro benzene ring substituents is 1. The van der Waals surface area contributed by atoms with Gasteiger partial charge in [0.15, 0.2) is 0 Å². The molecule has 0 unspecified atom stereocenters. The molecule has 0 fully saturated rings. The molecule has 116 valence electrons. The van der Waals surface area contributed by atoms with Crippen molar-refractivity contribution in [2.45, 2.75) is 26.8 Å². The SMILES string of the molecule is CCN(CC)C(=O)CCNCc1cc(F)cc([N+](=O)[O-])c1. The Bertz CT molecular complexity index is 504. The van der Waals surface area contributed by atoms with Gasteiger partial charge in [-0.1, -0.05) is 0 Å². The molecule has 0 atom stereocenters. The molecule has 7 heteroatoms. The molecule has 1 N–H and O–H groups in total. The molecule has 21 heavy (non-hydrogen) atoms. The second-order valence-corrected chi connectivity index (χ2v) is 4.57. The molecule has 1 rings (SSSR count). The zero-order valence-corrected chi connectivity index (χ0v) is 12.3. The molecule has 0 heterocycles. The summed E-state index contributed by atoms with van der Waals surface area (Å²) in [7, 11) is 0. The number of hydrogen-bond donors (Lipinski definition) is 1. The molecule has 0 aliphatic rings. The Morgan fingerprint density at radius 3 is 2.57 bits per heavy atom. The fraction of sp³-hybridized carbons (Fsp3) is 0.500. The van der Waals surface area contributed by atoms with E-state index in [1.807, 2.05) is 13.8 Å². The van der Waals surface area contributed by atoms with Gasteiger partial charge >= 0.3 is 0 Å². The number of carbonyl (C=O) groups excluding carboxylic acids is 1. The lowest BCUT2D eigenvalue weighted by atomic mass is 10.2. The molecular weight excluding hydrogens is 277 g/mol. The summed E-state index contributed by atoms with van der Waals surface area (Å²) in [6.45, 7) is 5.90. The van der Waals surface area contributed by atoms with Gasteiger partial charge in [-0.25, -0.2) is 4.39 Å². The Morgan fingerprint density at radius 1 is 1.33 bits per heavy atom. The van der Waals surface area contributed by atoms with Gasteiger partial charge in [-0.15, -0.1) is 0 Å². The van der Waals surface area contributed by atoms with E-state index in [1.54, 1.807) is 4.90 Å². The number of nitrogens with one attached hydrogen (secondary N) is 1. The van der Waals surface area contributed by atoms with Crippen LogP contribution in [-0.4, -0.2) is 35.4 Å². The highest BCUT2D eigenvalue weighted by Gasteiger charge is 2.11. The first-order chi connectivity index (χ1) is 9.97. The predicted molar refractivity (Wildman–Crippen MR) is 77.3 cm³/mol. The second kappa shape index (κ2) is 8.31. The number of nitrogens with zero attached hydrogens (tertiary/aromatic N) is 2. The zero-order valence-electron chi connectivity index (χ0n) is 12.3. The van der Waals surface area contributed by atoms with Gasteiger partial charge in [-0.05, 0) is 25.5 Å². The molecule has 0 radical (unpaired) electrons. The standard InChI is InChI=1S/C14H20FN3O3/c1-3-17(4-2)14(19)5-6-16-10-11-7-12(15)9-13(8-11)18(20)21/h7-9,16H,3-6,10H2,1-2H3. The van der Waals surface area contributed by atoms with Crippen LogP contribution >= 0.6 is 0 Å². The Hall–Kier alpha value is -2.02. The molecular formula is C14H20FN3O3. The summed E-state index contributed by atoms with van der Waals surface area (Å²) in [5.41, 5.74) is 0.211. The third-order valence-corrected chi connectivity index (χ3v) is 3.11. The lowest BCUT2D eigenvalue weighted by Gasteiger charge is -2.18. The molecule has 0 saturated heterocycles. The number of halogens is 1. The van der Waals surface area contributed by atoms with E-state index >= 15 is 0 Å². The van der Waals surface area contributed by atoms with Crippen molar-refractivity contribution < 1.29 is 14.1 Å². The van der Waals surface area contributed by atoms with Crippen molar-refractivity contribution in [3.63, 3.8) is 0 Å². The van der Waals surface area contributed by atoms with Crippen molar-refractivity contribution in [1.29, 1.82) is 0 Å². The summed E-state index contributed by atoms with van der Waals surface area (Å²) < 4.78 is 13.2. The molecule has 0 saturated carbocycles. The van der Waals surface area contributed by atoms with Crippen molar-refractivity contribution in [1.82, 2.24) is 10.2 Å². The van der Waals surface area contributed by atoms with Crippen LogP contribution in [0.4, 0.5) is 10.1 Å². The number of nitro groups is 1. The van der Waals surface area contributed by atoms with Crippen molar-refractivity contribution in [2.75, 3.05) is 19.6 Å². The van der Waals surface area contributed by atoms with Crippen LogP contribution in [0.3, 0.4) is 0 Å². The van der Waals surface area contributed by atoms with Crippen molar-refractivity contribution in [2.24, 2.45) is 0 Å². The second-order valence-electron chi connectivity index (χ2n) is 4.57. The van der Waals surface area contributed by atoms with E-state index in [9.17, 15) is 19.3 Å². The summed E-state index contributed by atoms with van der Waals surface area (Å²) in [6, 6.07) is 3.45. The van der Waals surface area contributed by atoms with Crippen LogP contribution in [-0.2, 0) is 11.3 Å². The van der Waals surface area contributed by atoms with E-state index in [0.29, 0.717) is 31.6 Å². The third-order valence-electron chi connectivity index (χ3n) is 3.11. The minimum Gasteiger partial charge on any atom is -0.343 e. The van der Waals surface area contributed by atoms with Crippen LogP contribution in [0.2, 0.25) is 0 Å². The molecule has 0 bridgehead atoms. The molecule has 1 amide bonds. The van der Waals surface area contributed by atoms with Gasteiger partial charge < -0.3 is 10.2 Å². The van der Waals surface area contributed by atoms with Gasteiger partial charge in [0.05, 0.1) is 11.0 Å². The number of amides is 1. The van der Waals surface area contributed by atoms with Crippen LogP contribution in [0, 0.1) is 15.9 Å². The highest BCUT2D eigenvalue weighted by atomic mass is 19.1. The third kappa shape index (κ3) is 5.47. The highest BCUT2D eigenvalue weighted by Crippen LogP contribution is 2.16. The number of rotatable bonds is 8. The maximum atomic E-state index is 13.2. The summed E-state index contributed by atoms with van der Waals surface area (Å²) in [5.74, 6) is -0.585. The lowest BCUT2D eigenvalue weighted by molar-refractivity contribution is -0.385. The first-order valence-corrected chi connectivity index (χ1v) is 6.90. The van der Waals surface area contributed by atoms with Crippen LogP contribution in [0.1, 0.15) is 25.8 Å². The van der Waals surface area contributed by atoms with Crippen molar-refractivity contribution in [3.05, 3.63) is 39.7 Å². The van der Waals surface area contributed by atoms with Gasteiger partial charge in [0.1, 0.15) is 5.82 Å². The Balaban J connectivity index is 2.46. The topological polar surface area (TPSA) is 75.5 Å². The molecule has 1 aromatic carbocycles. The summed E-state index contributed by atoms with van der Waals surface area (Å²) >= 11 is 0. The van der Waals surface area contributed by atoms with E-state index in [4.69, 9.17) is 0 Å². The van der Waals surface area contributed by atoms with Gasteiger partial charge in [0.2, 0.25) is 5.91 Å². The summed E-state index contributed by atoms with van der Waals surface area (Å²) in [6.07, 6.45) is 0.346. The maximum absolute atomic E-state index is 13.2. The largest absolute Gasteiger partial charge is 0.343 e.